The quantitative estimate of drug-likeness (QED) is 0.615. The largest absolute Gasteiger partial charge is 0.465 e. The van der Waals surface area contributed by atoms with Gasteiger partial charge in [-0.25, -0.2) is 4.79 Å². The highest BCUT2D eigenvalue weighted by molar-refractivity contribution is 7.62. The van der Waals surface area contributed by atoms with Crippen LogP contribution in [0.5, 0.6) is 0 Å². The molecule has 0 unspecified atom stereocenters. The van der Waals surface area contributed by atoms with Crippen molar-refractivity contribution in [1.82, 2.24) is 0 Å². The molecule has 0 fully saturated rings. The lowest BCUT2D eigenvalue weighted by atomic mass is 10.0. The van der Waals surface area contributed by atoms with Crippen molar-refractivity contribution in [2.24, 2.45) is 0 Å². The zero-order chi connectivity index (χ0) is 14.6. The molecule has 0 aliphatic carbocycles. The molecule has 0 aliphatic rings. The van der Waals surface area contributed by atoms with Gasteiger partial charge in [-0.1, -0.05) is 19.9 Å². The Hall–Kier alpha value is -1.16. The van der Waals surface area contributed by atoms with Crippen molar-refractivity contribution < 1.29 is 23.1 Å². The maximum atomic E-state index is 12.5. The number of hydrogen-bond acceptors (Lipinski definition) is 5. The molecule has 0 amide bonds. The molecule has 6 heteroatoms. The summed E-state index contributed by atoms with van der Waals surface area (Å²) in [7, 11) is 0.335. The number of methoxy groups -OCH3 is 1. The van der Waals surface area contributed by atoms with E-state index in [1.807, 2.05) is 13.8 Å². The lowest BCUT2D eigenvalue weighted by Crippen LogP contribution is -2.20. The minimum atomic E-state index is -3.51. The van der Waals surface area contributed by atoms with Gasteiger partial charge in [0.15, 0.2) is 0 Å². The Bertz CT molecular complexity index is 502. The van der Waals surface area contributed by atoms with Gasteiger partial charge in [-0.15, -0.1) is 0 Å². The van der Waals surface area contributed by atoms with Gasteiger partial charge >= 0.3 is 13.6 Å². The molecule has 0 aliphatic heterocycles. The summed E-state index contributed by atoms with van der Waals surface area (Å²) in [5, 5.41) is 0.232. The Morgan fingerprint density at radius 1 is 1.16 bits per heavy atom. The van der Waals surface area contributed by atoms with Crippen molar-refractivity contribution in [1.29, 1.82) is 0 Å². The molecule has 5 nitrogen and oxygen atoms in total. The van der Waals surface area contributed by atoms with Gasteiger partial charge in [0.1, 0.15) is 0 Å². The first kappa shape index (κ1) is 15.9. The third kappa shape index (κ3) is 3.24. The van der Waals surface area contributed by atoms with Crippen LogP contribution in [0.25, 0.3) is 0 Å². The van der Waals surface area contributed by atoms with Gasteiger partial charge in [-0.3, -0.25) is 4.57 Å². The van der Waals surface area contributed by atoms with Crippen molar-refractivity contribution in [2.75, 3.05) is 21.3 Å². The van der Waals surface area contributed by atoms with Gasteiger partial charge in [0.2, 0.25) is 0 Å². The Balaban J connectivity index is 3.50. The van der Waals surface area contributed by atoms with Gasteiger partial charge in [0.05, 0.1) is 18.0 Å². The SMILES string of the molecule is COC(=O)c1ccc(C(C)C)cc1P(=O)(OC)OC. The fraction of sp³-hybridized carbons (Fsp3) is 0.462. The van der Waals surface area contributed by atoms with E-state index in [2.05, 4.69) is 0 Å². The van der Waals surface area contributed by atoms with E-state index in [0.717, 1.165) is 5.56 Å². The second kappa shape index (κ2) is 6.33. The van der Waals surface area contributed by atoms with E-state index >= 15 is 0 Å². The summed E-state index contributed by atoms with van der Waals surface area (Å²) in [6, 6.07) is 5.06. The van der Waals surface area contributed by atoms with Crippen LogP contribution in [0.2, 0.25) is 0 Å². The highest BCUT2D eigenvalue weighted by atomic mass is 31.2. The lowest BCUT2D eigenvalue weighted by molar-refractivity contribution is 0.0601. The van der Waals surface area contributed by atoms with Gasteiger partial charge in [0, 0.05) is 14.2 Å². The van der Waals surface area contributed by atoms with Crippen molar-refractivity contribution >= 4 is 18.9 Å². The molecule has 106 valence electrons. The van der Waals surface area contributed by atoms with Crippen LogP contribution in [0.4, 0.5) is 0 Å². The van der Waals surface area contributed by atoms with E-state index in [-0.39, 0.29) is 16.8 Å². The zero-order valence-corrected chi connectivity index (χ0v) is 12.7. The van der Waals surface area contributed by atoms with E-state index in [4.69, 9.17) is 13.8 Å². The first-order valence-corrected chi connectivity index (χ1v) is 7.38. The predicted octanol–water partition coefficient (Wildman–Crippen LogP) is 2.71. The fourth-order valence-electron chi connectivity index (χ4n) is 1.69. The molecule has 1 aromatic rings. The van der Waals surface area contributed by atoms with Gasteiger partial charge < -0.3 is 13.8 Å². The minimum Gasteiger partial charge on any atom is -0.465 e. The predicted molar refractivity (Wildman–Crippen MR) is 73.1 cm³/mol. The molecule has 1 rings (SSSR count). The Morgan fingerprint density at radius 3 is 2.16 bits per heavy atom. The standard InChI is InChI=1S/C13H19O5P/c1-9(2)10-6-7-11(13(14)16-3)12(8-10)19(15,17-4)18-5/h6-9H,1-5H3. The molecule has 0 spiro atoms. The summed E-state index contributed by atoms with van der Waals surface area (Å²) in [6.45, 7) is 4.00. The van der Waals surface area contributed by atoms with Crippen LogP contribution in [-0.2, 0) is 18.3 Å². The van der Waals surface area contributed by atoms with Crippen LogP contribution in [0.1, 0.15) is 35.7 Å². The maximum Gasteiger partial charge on any atom is 0.361 e. The van der Waals surface area contributed by atoms with E-state index in [0.29, 0.717) is 0 Å². The highest BCUT2D eigenvalue weighted by Crippen LogP contribution is 2.46. The average Bonchev–Trinajstić information content (AvgIpc) is 2.44. The molecular weight excluding hydrogens is 267 g/mol. The highest BCUT2D eigenvalue weighted by Gasteiger charge is 2.31. The molecule has 0 N–H and O–H groups in total. The number of rotatable bonds is 5. The minimum absolute atomic E-state index is 0.193. The van der Waals surface area contributed by atoms with Crippen molar-refractivity contribution in [2.45, 2.75) is 19.8 Å². The second-order valence-corrected chi connectivity index (χ2v) is 6.49. The first-order chi connectivity index (χ1) is 8.89. The summed E-state index contributed by atoms with van der Waals surface area (Å²) in [5.74, 6) is -0.341. The van der Waals surface area contributed by atoms with E-state index in [1.54, 1.807) is 18.2 Å². The normalized spacial score (nSPS) is 11.7. The zero-order valence-electron chi connectivity index (χ0n) is 11.8. The van der Waals surface area contributed by atoms with Crippen molar-refractivity contribution in [3.8, 4) is 0 Å². The number of esters is 1. The summed E-state index contributed by atoms with van der Waals surface area (Å²) in [6.07, 6.45) is 0. The summed E-state index contributed by atoms with van der Waals surface area (Å²) >= 11 is 0. The van der Waals surface area contributed by atoms with Gasteiger partial charge in [0.25, 0.3) is 0 Å². The third-order valence-corrected chi connectivity index (χ3v) is 4.79. The van der Waals surface area contributed by atoms with Crippen LogP contribution in [-0.4, -0.2) is 27.3 Å². The van der Waals surface area contributed by atoms with Crippen molar-refractivity contribution in [3.63, 3.8) is 0 Å². The molecule has 0 saturated heterocycles. The van der Waals surface area contributed by atoms with E-state index < -0.39 is 13.6 Å². The van der Waals surface area contributed by atoms with Crippen LogP contribution in [0.15, 0.2) is 18.2 Å². The smallest absolute Gasteiger partial charge is 0.361 e. The second-order valence-electron chi connectivity index (χ2n) is 4.29. The molecule has 0 aromatic heterocycles. The average molecular weight is 286 g/mol. The molecular formula is C13H19O5P. The molecule has 0 radical (unpaired) electrons. The van der Waals surface area contributed by atoms with Crippen molar-refractivity contribution in [3.05, 3.63) is 29.3 Å². The maximum absolute atomic E-state index is 12.5. The van der Waals surface area contributed by atoms with Gasteiger partial charge in [-0.05, 0) is 23.6 Å². The number of hydrogen-bond donors (Lipinski definition) is 0. The first-order valence-electron chi connectivity index (χ1n) is 5.84. The monoisotopic (exact) mass is 286 g/mol. The Kier molecular flexibility index (Phi) is 5.29. The van der Waals surface area contributed by atoms with Gasteiger partial charge in [-0.2, -0.15) is 0 Å². The van der Waals surface area contributed by atoms with E-state index in [9.17, 15) is 9.36 Å². The molecule has 19 heavy (non-hydrogen) atoms. The van der Waals surface area contributed by atoms with Crippen LogP contribution >= 0.6 is 7.60 Å². The summed E-state index contributed by atoms with van der Waals surface area (Å²) in [4.78, 5) is 11.7. The third-order valence-electron chi connectivity index (χ3n) is 2.87. The Labute approximate surface area is 113 Å². The summed E-state index contributed by atoms with van der Waals surface area (Å²) in [5.41, 5.74) is 1.14. The molecule has 0 bridgehead atoms. The molecule has 0 saturated carbocycles. The molecule has 1 aromatic carbocycles. The number of carbonyl (C=O) groups excluding carboxylic acids is 1. The van der Waals surface area contributed by atoms with E-state index in [1.165, 1.54) is 21.3 Å². The lowest BCUT2D eigenvalue weighted by Gasteiger charge is -2.18. The molecule has 0 heterocycles. The Morgan fingerprint density at radius 2 is 1.74 bits per heavy atom. The number of ether oxygens (including phenoxy) is 1. The van der Waals surface area contributed by atoms with Crippen LogP contribution in [0.3, 0.4) is 0 Å². The molecule has 0 atom stereocenters. The number of benzene rings is 1. The topological polar surface area (TPSA) is 61.8 Å². The van der Waals surface area contributed by atoms with Crippen LogP contribution < -0.4 is 5.30 Å². The number of carbonyl (C=O) groups is 1. The summed E-state index contributed by atoms with van der Waals surface area (Å²) < 4.78 is 27.1. The van der Waals surface area contributed by atoms with Crippen LogP contribution in [0, 0.1) is 0 Å². The fourth-order valence-corrected chi connectivity index (χ4v) is 3.00.